The molecule has 0 N–H and O–H groups in total. The topological polar surface area (TPSA) is 92.5 Å². The minimum Gasteiger partial charge on any atom is -0.487 e. The summed E-state index contributed by atoms with van der Waals surface area (Å²) in [7, 11) is 0. The van der Waals surface area contributed by atoms with Crippen molar-refractivity contribution in [3.05, 3.63) is 107 Å². The number of benzene rings is 2. The molecule has 0 aliphatic carbocycles. The predicted octanol–water partition coefficient (Wildman–Crippen LogP) is 5.77. The molecule has 182 valence electrons. The van der Waals surface area contributed by atoms with Crippen molar-refractivity contribution in [1.82, 2.24) is 14.8 Å². The lowest BCUT2D eigenvalue weighted by atomic mass is 10.1. The van der Waals surface area contributed by atoms with E-state index in [1.165, 1.54) is 0 Å². The fraction of sp³-hybridized carbons (Fsp3) is 0.179. The second-order valence-corrected chi connectivity index (χ2v) is 8.37. The minimum atomic E-state index is 0.272. The normalized spacial score (nSPS) is 10.9. The monoisotopic (exact) mass is 483 g/mol. The maximum absolute atomic E-state index is 11.5. The first-order valence-electron chi connectivity index (χ1n) is 11.5. The molecule has 0 spiro atoms. The third kappa shape index (κ3) is 5.22. The third-order valence-electron chi connectivity index (χ3n) is 5.67. The summed E-state index contributed by atoms with van der Waals surface area (Å²) in [5, 5.41) is 4.44. The van der Waals surface area contributed by atoms with Gasteiger partial charge in [0.1, 0.15) is 30.4 Å². The summed E-state index contributed by atoms with van der Waals surface area (Å²) < 4.78 is 24.6. The van der Waals surface area contributed by atoms with E-state index in [0.717, 1.165) is 28.7 Å². The molecule has 0 aliphatic rings. The molecule has 3 aromatic heterocycles. The minimum absolute atomic E-state index is 0.272. The quantitative estimate of drug-likeness (QED) is 0.233. The zero-order valence-corrected chi connectivity index (χ0v) is 20.0. The average Bonchev–Trinajstić information content (AvgIpc) is 3.63. The number of oxazole rings is 1. The van der Waals surface area contributed by atoms with Crippen molar-refractivity contribution in [3.8, 4) is 23.3 Å². The Hall–Kier alpha value is -4.59. The summed E-state index contributed by atoms with van der Waals surface area (Å²) in [4.78, 5) is 16.0. The molecule has 0 amide bonds. The Morgan fingerprint density at radius 3 is 2.58 bits per heavy atom. The van der Waals surface area contributed by atoms with Gasteiger partial charge in [0.15, 0.2) is 12.0 Å². The number of hydrogen-bond donors (Lipinski definition) is 0. The molecular weight excluding hydrogens is 458 g/mol. The number of furan rings is 1. The van der Waals surface area contributed by atoms with Gasteiger partial charge in [-0.05, 0) is 54.8 Å². The van der Waals surface area contributed by atoms with E-state index in [9.17, 15) is 4.79 Å². The van der Waals surface area contributed by atoms with Crippen molar-refractivity contribution < 1.29 is 23.1 Å². The van der Waals surface area contributed by atoms with Crippen LogP contribution in [-0.4, -0.2) is 21.1 Å². The predicted molar refractivity (Wildman–Crippen MR) is 132 cm³/mol. The lowest BCUT2D eigenvalue weighted by Gasteiger charge is -2.10. The summed E-state index contributed by atoms with van der Waals surface area (Å²) in [6, 6.07) is 19.3. The molecule has 0 aliphatic heterocycles. The molecule has 3 heterocycles. The van der Waals surface area contributed by atoms with E-state index in [1.807, 2.05) is 62.4 Å². The number of aromatic nitrogens is 3. The van der Waals surface area contributed by atoms with Gasteiger partial charge in [0.05, 0.1) is 18.4 Å². The second kappa shape index (κ2) is 10.4. The largest absolute Gasteiger partial charge is 0.487 e. The highest BCUT2D eigenvalue weighted by Gasteiger charge is 2.15. The van der Waals surface area contributed by atoms with Crippen LogP contribution in [0.5, 0.6) is 11.6 Å². The first-order chi connectivity index (χ1) is 17.6. The summed E-state index contributed by atoms with van der Waals surface area (Å²) >= 11 is 0. The molecule has 36 heavy (non-hydrogen) atoms. The third-order valence-corrected chi connectivity index (χ3v) is 5.67. The van der Waals surface area contributed by atoms with Gasteiger partial charge in [-0.25, -0.2) is 4.98 Å². The van der Waals surface area contributed by atoms with Gasteiger partial charge in [0.25, 0.3) is 5.89 Å². The zero-order chi connectivity index (χ0) is 24.9. The van der Waals surface area contributed by atoms with Crippen LogP contribution in [0.3, 0.4) is 0 Å². The van der Waals surface area contributed by atoms with Crippen LogP contribution < -0.4 is 9.47 Å². The van der Waals surface area contributed by atoms with Crippen LogP contribution in [0.4, 0.5) is 0 Å². The van der Waals surface area contributed by atoms with Gasteiger partial charge in [-0.1, -0.05) is 36.4 Å². The van der Waals surface area contributed by atoms with Gasteiger partial charge in [0, 0.05) is 6.20 Å². The van der Waals surface area contributed by atoms with Crippen molar-refractivity contribution in [1.29, 1.82) is 0 Å². The van der Waals surface area contributed by atoms with E-state index in [1.54, 1.807) is 29.3 Å². The Bertz CT molecular complexity index is 1450. The molecule has 0 radical (unpaired) electrons. The molecule has 5 rings (SSSR count). The molecule has 0 saturated carbocycles. The van der Waals surface area contributed by atoms with Crippen molar-refractivity contribution in [2.24, 2.45) is 0 Å². The van der Waals surface area contributed by atoms with Crippen molar-refractivity contribution in [3.63, 3.8) is 0 Å². The lowest BCUT2D eigenvalue weighted by molar-refractivity contribution is 0.111. The summed E-state index contributed by atoms with van der Waals surface area (Å²) in [6.45, 7) is 4.92. The Labute approximate surface area is 208 Å². The average molecular weight is 484 g/mol. The van der Waals surface area contributed by atoms with Gasteiger partial charge < -0.3 is 18.3 Å². The van der Waals surface area contributed by atoms with Gasteiger partial charge >= 0.3 is 0 Å². The summed E-state index contributed by atoms with van der Waals surface area (Å²) in [5.74, 6) is 2.74. The summed E-state index contributed by atoms with van der Waals surface area (Å²) in [5.41, 5.74) is 4.11. The second-order valence-electron chi connectivity index (χ2n) is 8.37. The molecule has 8 nitrogen and oxygen atoms in total. The molecule has 0 fully saturated rings. The van der Waals surface area contributed by atoms with Gasteiger partial charge in [-0.2, -0.15) is 0 Å². The van der Waals surface area contributed by atoms with E-state index < -0.39 is 0 Å². The number of aldehydes is 1. The highest BCUT2D eigenvalue weighted by atomic mass is 16.5. The highest BCUT2D eigenvalue weighted by Crippen LogP contribution is 2.25. The number of carbonyl (C=O) groups is 1. The van der Waals surface area contributed by atoms with Crippen molar-refractivity contribution in [2.75, 3.05) is 0 Å². The fourth-order valence-electron chi connectivity index (χ4n) is 3.79. The smallest absolute Gasteiger partial charge is 0.263 e. The zero-order valence-electron chi connectivity index (χ0n) is 20.0. The van der Waals surface area contributed by atoms with Crippen molar-refractivity contribution in [2.45, 2.75) is 33.6 Å². The van der Waals surface area contributed by atoms with E-state index >= 15 is 0 Å². The standard InChI is InChI=1S/C28H25N3O5/c1-19-13-22(17-35-27-23(16-32)15-31(30-27)14-21-7-4-3-5-8-21)10-11-25(19)34-18-24-20(2)36-28(29-24)26-9-6-12-33-26/h3-13,15-16H,14,17-18H2,1-2H3. The molecule has 0 bridgehead atoms. The van der Waals surface area contributed by atoms with E-state index in [2.05, 4.69) is 10.1 Å². The molecule has 5 aromatic rings. The Morgan fingerprint density at radius 2 is 1.83 bits per heavy atom. The van der Waals surface area contributed by atoms with E-state index in [0.29, 0.717) is 41.1 Å². The van der Waals surface area contributed by atoms with Crippen LogP contribution in [0, 0.1) is 13.8 Å². The molecular formula is C28H25N3O5. The number of aryl methyl sites for hydroxylation is 2. The number of carbonyl (C=O) groups excluding carboxylic acids is 1. The number of nitrogens with zero attached hydrogens (tertiary/aromatic N) is 3. The first-order valence-corrected chi connectivity index (χ1v) is 11.5. The van der Waals surface area contributed by atoms with Gasteiger partial charge in [-0.3, -0.25) is 9.48 Å². The number of rotatable bonds is 10. The maximum atomic E-state index is 11.5. The molecule has 0 atom stereocenters. The van der Waals surface area contributed by atoms with Crippen LogP contribution in [0.2, 0.25) is 0 Å². The van der Waals surface area contributed by atoms with Crippen LogP contribution in [0.25, 0.3) is 11.7 Å². The SMILES string of the molecule is Cc1cc(COc2nn(Cc3ccccc3)cc2C=O)ccc1OCc1nc(-c2ccco2)oc1C. The Balaban J connectivity index is 1.21. The first kappa shape index (κ1) is 23.2. The van der Waals surface area contributed by atoms with E-state index in [4.69, 9.17) is 18.3 Å². The van der Waals surface area contributed by atoms with Gasteiger partial charge in [-0.15, -0.1) is 5.10 Å². The van der Waals surface area contributed by atoms with Gasteiger partial charge in [0.2, 0.25) is 5.88 Å². The number of hydrogen-bond acceptors (Lipinski definition) is 7. The summed E-state index contributed by atoms with van der Waals surface area (Å²) in [6.07, 6.45) is 4.03. The fourth-order valence-corrected chi connectivity index (χ4v) is 3.79. The molecule has 0 unspecified atom stereocenters. The van der Waals surface area contributed by atoms with Crippen LogP contribution >= 0.6 is 0 Å². The Morgan fingerprint density at radius 1 is 0.972 bits per heavy atom. The maximum Gasteiger partial charge on any atom is 0.263 e. The van der Waals surface area contributed by atoms with E-state index in [-0.39, 0.29) is 13.2 Å². The number of ether oxygens (including phenoxy) is 2. The molecule has 0 saturated heterocycles. The Kier molecular flexibility index (Phi) is 6.66. The van der Waals surface area contributed by atoms with Crippen LogP contribution in [0.1, 0.15) is 38.5 Å². The lowest BCUT2D eigenvalue weighted by Crippen LogP contribution is -2.03. The molecule has 2 aromatic carbocycles. The van der Waals surface area contributed by atoms with Crippen LogP contribution in [0.15, 0.2) is 82.0 Å². The van der Waals surface area contributed by atoms with Crippen molar-refractivity contribution >= 4 is 6.29 Å². The highest BCUT2D eigenvalue weighted by molar-refractivity contribution is 5.77. The molecule has 8 heteroatoms. The van der Waals surface area contributed by atoms with Crippen LogP contribution in [-0.2, 0) is 19.8 Å².